The van der Waals surface area contributed by atoms with Gasteiger partial charge in [0.1, 0.15) is 6.10 Å². The summed E-state index contributed by atoms with van der Waals surface area (Å²) in [6, 6.07) is 0. The molecule has 0 aliphatic heterocycles. The Kier molecular flexibility index (Phi) is 3.90. The van der Waals surface area contributed by atoms with E-state index in [1.54, 1.807) is 11.1 Å². The Bertz CT molecular complexity index is 558. The van der Waals surface area contributed by atoms with Crippen molar-refractivity contribution in [2.45, 2.75) is 77.7 Å². The molecule has 0 amide bonds. The second-order valence-electron chi connectivity index (χ2n) is 8.38. The summed E-state index contributed by atoms with van der Waals surface area (Å²) in [6.07, 6.45) is 15.4. The minimum absolute atomic E-state index is 0.00921. The SMILES string of the molecule is CCC(=O)OC1CCC2C3CCC4=C(CC=CC4)C3CCC12C. The van der Waals surface area contributed by atoms with Gasteiger partial charge in [-0.2, -0.15) is 0 Å². The molecular weight excluding hydrogens is 284 g/mol. The molecule has 4 rings (SSSR count). The molecule has 2 saturated carbocycles. The summed E-state index contributed by atoms with van der Waals surface area (Å²) in [5, 5.41) is 0. The molecule has 0 bridgehead atoms. The molecule has 0 aromatic rings. The van der Waals surface area contributed by atoms with Crippen molar-refractivity contribution in [2.75, 3.05) is 0 Å². The highest BCUT2D eigenvalue weighted by Crippen LogP contribution is 2.61. The van der Waals surface area contributed by atoms with Gasteiger partial charge in [0, 0.05) is 11.8 Å². The van der Waals surface area contributed by atoms with Gasteiger partial charge in [-0.25, -0.2) is 0 Å². The van der Waals surface area contributed by atoms with Crippen LogP contribution in [-0.4, -0.2) is 12.1 Å². The number of hydrogen-bond donors (Lipinski definition) is 0. The third-order valence-corrected chi connectivity index (χ3v) is 7.46. The molecule has 4 aliphatic carbocycles. The first-order valence-corrected chi connectivity index (χ1v) is 9.68. The van der Waals surface area contributed by atoms with Crippen LogP contribution in [0.1, 0.15) is 71.6 Å². The van der Waals surface area contributed by atoms with Crippen LogP contribution in [0.25, 0.3) is 0 Å². The van der Waals surface area contributed by atoms with Gasteiger partial charge < -0.3 is 4.74 Å². The van der Waals surface area contributed by atoms with Crippen LogP contribution >= 0.6 is 0 Å². The van der Waals surface area contributed by atoms with Gasteiger partial charge in [-0.3, -0.25) is 4.79 Å². The Morgan fingerprint density at radius 1 is 1.22 bits per heavy atom. The van der Waals surface area contributed by atoms with Crippen molar-refractivity contribution in [1.29, 1.82) is 0 Å². The van der Waals surface area contributed by atoms with Crippen LogP contribution in [0.3, 0.4) is 0 Å². The van der Waals surface area contributed by atoms with Gasteiger partial charge >= 0.3 is 5.97 Å². The van der Waals surface area contributed by atoms with Crippen molar-refractivity contribution in [3.05, 3.63) is 23.3 Å². The molecule has 0 spiro atoms. The quantitative estimate of drug-likeness (QED) is 0.518. The first-order valence-electron chi connectivity index (χ1n) is 9.68. The Morgan fingerprint density at radius 2 is 2.04 bits per heavy atom. The minimum atomic E-state index is -0.00921. The number of carbonyl (C=O) groups excluding carboxylic acids is 1. The lowest BCUT2D eigenvalue weighted by Crippen LogP contribution is -2.46. The van der Waals surface area contributed by atoms with Crippen molar-refractivity contribution in [1.82, 2.24) is 0 Å². The van der Waals surface area contributed by atoms with E-state index in [0.29, 0.717) is 6.42 Å². The lowest BCUT2D eigenvalue weighted by Gasteiger charge is -2.51. The van der Waals surface area contributed by atoms with Crippen molar-refractivity contribution >= 4 is 5.97 Å². The number of esters is 1. The van der Waals surface area contributed by atoms with Crippen LogP contribution in [0.5, 0.6) is 0 Å². The summed E-state index contributed by atoms with van der Waals surface area (Å²) >= 11 is 0. The summed E-state index contributed by atoms with van der Waals surface area (Å²) in [7, 11) is 0. The lowest BCUT2D eigenvalue weighted by molar-refractivity contribution is -0.157. The largest absolute Gasteiger partial charge is 0.462 e. The predicted molar refractivity (Wildman–Crippen MR) is 91.9 cm³/mol. The van der Waals surface area contributed by atoms with Crippen molar-refractivity contribution < 1.29 is 9.53 Å². The molecule has 4 aliphatic rings. The highest BCUT2D eigenvalue weighted by Gasteiger charge is 2.56. The van der Waals surface area contributed by atoms with Gasteiger partial charge in [-0.1, -0.05) is 37.1 Å². The summed E-state index contributed by atoms with van der Waals surface area (Å²) < 4.78 is 5.86. The number of ether oxygens (including phenoxy) is 1. The van der Waals surface area contributed by atoms with Crippen LogP contribution in [0.15, 0.2) is 23.3 Å². The highest BCUT2D eigenvalue weighted by atomic mass is 16.5. The monoisotopic (exact) mass is 314 g/mol. The van der Waals surface area contributed by atoms with E-state index >= 15 is 0 Å². The average molecular weight is 314 g/mol. The number of rotatable bonds is 2. The Balaban J connectivity index is 1.56. The highest BCUT2D eigenvalue weighted by molar-refractivity contribution is 5.69. The Labute approximate surface area is 140 Å². The molecule has 5 unspecified atom stereocenters. The molecule has 2 fully saturated rings. The number of hydrogen-bond acceptors (Lipinski definition) is 2. The number of fused-ring (bicyclic) bond motifs is 4. The van der Waals surface area contributed by atoms with Crippen LogP contribution < -0.4 is 0 Å². The zero-order valence-corrected chi connectivity index (χ0v) is 14.6. The van der Waals surface area contributed by atoms with Crippen LogP contribution in [0.2, 0.25) is 0 Å². The maximum absolute atomic E-state index is 11.8. The predicted octanol–water partition coefficient (Wildman–Crippen LogP) is 5.19. The maximum Gasteiger partial charge on any atom is 0.305 e. The van der Waals surface area contributed by atoms with Crippen LogP contribution in [0, 0.1) is 23.2 Å². The second-order valence-corrected chi connectivity index (χ2v) is 8.38. The molecule has 0 aromatic heterocycles. The summed E-state index contributed by atoms with van der Waals surface area (Å²) in [4.78, 5) is 11.8. The van der Waals surface area contributed by atoms with Gasteiger partial charge in [0.05, 0.1) is 0 Å². The topological polar surface area (TPSA) is 26.3 Å². The van der Waals surface area contributed by atoms with E-state index in [1.165, 1.54) is 44.9 Å². The molecule has 0 aromatic carbocycles. The van der Waals surface area contributed by atoms with Gasteiger partial charge in [-0.05, 0) is 69.1 Å². The molecule has 0 N–H and O–H groups in total. The van der Waals surface area contributed by atoms with Crippen molar-refractivity contribution in [2.24, 2.45) is 23.2 Å². The zero-order chi connectivity index (χ0) is 16.0. The molecule has 2 nitrogen and oxygen atoms in total. The fraction of sp³-hybridized carbons (Fsp3) is 0.762. The lowest BCUT2D eigenvalue weighted by atomic mass is 9.54. The number of carbonyl (C=O) groups is 1. The molecule has 23 heavy (non-hydrogen) atoms. The normalized spacial score (nSPS) is 42.0. The van der Waals surface area contributed by atoms with Gasteiger partial charge in [-0.15, -0.1) is 0 Å². The minimum Gasteiger partial charge on any atom is -0.462 e. The molecule has 2 heteroatoms. The van der Waals surface area contributed by atoms with E-state index in [-0.39, 0.29) is 17.5 Å². The van der Waals surface area contributed by atoms with E-state index in [1.807, 2.05) is 6.92 Å². The molecule has 5 atom stereocenters. The fourth-order valence-corrected chi connectivity index (χ4v) is 6.24. The van der Waals surface area contributed by atoms with Crippen molar-refractivity contribution in [3.8, 4) is 0 Å². The molecule has 126 valence electrons. The third-order valence-electron chi connectivity index (χ3n) is 7.46. The Morgan fingerprint density at radius 3 is 2.87 bits per heavy atom. The van der Waals surface area contributed by atoms with Crippen LogP contribution in [-0.2, 0) is 9.53 Å². The van der Waals surface area contributed by atoms with Crippen molar-refractivity contribution in [3.63, 3.8) is 0 Å². The Hall–Kier alpha value is -1.05. The second kappa shape index (κ2) is 5.79. The molecular formula is C21H30O2. The van der Waals surface area contributed by atoms with E-state index in [9.17, 15) is 4.79 Å². The first kappa shape index (κ1) is 15.5. The fourth-order valence-electron chi connectivity index (χ4n) is 6.24. The molecule has 0 saturated heterocycles. The summed E-state index contributed by atoms with van der Waals surface area (Å²) in [5.41, 5.74) is 3.78. The smallest absolute Gasteiger partial charge is 0.305 e. The van der Waals surface area contributed by atoms with Gasteiger partial charge in [0.25, 0.3) is 0 Å². The standard InChI is InChI=1S/C21H30O2/c1-3-20(22)23-19-11-10-18-17-9-8-14-6-4-5-7-15(14)16(17)12-13-21(18,19)2/h4-5,16-19H,3,6-13H2,1-2H3. The maximum atomic E-state index is 11.8. The van der Waals surface area contributed by atoms with E-state index in [2.05, 4.69) is 19.1 Å². The average Bonchev–Trinajstić information content (AvgIpc) is 2.91. The van der Waals surface area contributed by atoms with Crippen LogP contribution in [0.4, 0.5) is 0 Å². The summed E-state index contributed by atoms with van der Waals surface area (Å²) in [6.45, 7) is 4.32. The van der Waals surface area contributed by atoms with E-state index < -0.39 is 0 Å². The van der Waals surface area contributed by atoms with Gasteiger partial charge in [0.2, 0.25) is 0 Å². The van der Waals surface area contributed by atoms with E-state index in [0.717, 1.165) is 24.2 Å². The molecule has 0 heterocycles. The summed E-state index contributed by atoms with van der Waals surface area (Å²) in [5.74, 6) is 2.41. The number of allylic oxidation sites excluding steroid dienone is 4. The third kappa shape index (κ3) is 2.40. The van der Waals surface area contributed by atoms with Gasteiger partial charge in [0.15, 0.2) is 0 Å². The zero-order valence-electron chi connectivity index (χ0n) is 14.6. The first-order chi connectivity index (χ1) is 11.1. The molecule has 0 radical (unpaired) electrons. The van der Waals surface area contributed by atoms with E-state index in [4.69, 9.17) is 4.74 Å².